The standard InChI is InChI=1S/C11H9F3N2O2/c12-6-2-7(13)10(14)8(3-6)16-4-5(11(15)18)1-9(16)17/h2-3,5H,1,4H2,(H2,15,18). The summed E-state index contributed by atoms with van der Waals surface area (Å²) in [4.78, 5) is 23.3. The van der Waals surface area contributed by atoms with Gasteiger partial charge in [-0.25, -0.2) is 13.2 Å². The van der Waals surface area contributed by atoms with E-state index in [-0.39, 0.29) is 13.0 Å². The number of carbonyl (C=O) groups excluding carboxylic acids is 2. The number of carbonyl (C=O) groups is 2. The second kappa shape index (κ2) is 4.32. The van der Waals surface area contributed by atoms with Crippen molar-refractivity contribution in [3.05, 3.63) is 29.6 Å². The fraction of sp³-hybridized carbons (Fsp3) is 0.273. The van der Waals surface area contributed by atoms with E-state index in [0.29, 0.717) is 12.1 Å². The van der Waals surface area contributed by atoms with Crippen molar-refractivity contribution < 1.29 is 22.8 Å². The molecule has 96 valence electrons. The zero-order valence-corrected chi connectivity index (χ0v) is 9.12. The Morgan fingerprint density at radius 1 is 1.33 bits per heavy atom. The molecule has 0 aliphatic carbocycles. The van der Waals surface area contributed by atoms with Gasteiger partial charge < -0.3 is 10.6 Å². The largest absolute Gasteiger partial charge is 0.369 e. The quantitative estimate of drug-likeness (QED) is 0.802. The zero-order valence-electron chi connectivity index (χ0n) is 9.12. The van der Waals surface area contributed by atoms with Gasteiger partial charge in [-0.3, -0.25) is 9.59 Å². The Hall–Kier alpha value is -2.05. The molecule has 1 saturated heterocycles. The molecule has 1 aromatic rings. The van der Waals surface area contributed by atoms with E-state index in [9.17, 15) is 22.8 Å². The molecule has 1 atom stereocenters. The lowest BCUT2D eigenvalue weighted by Gasteiger charge is -2.17. The first kappa shape index (κ1) is 12.4. The van der Waals surface area contributed by atoms with Crippen LogP contribution in [-0.4, -0.2) is 18.4 Å². The van der Waals surface area contributed by atoms with Crippen LogP contribution < -0.4 is 10.6 Å². The molecule has 4 nitrogen and oxygen atoms in total. The lowest BCUT2D eigenvalue weighted by Crippen LogP contribution is -2.29. The van der Waals surface area contributed by atoms with E-state index in [0.717, 1.165) is 4.90 Å². The average Bonchev–Trinajstić information content (AvgIpc) is 2.66. The molecule has 0 saturated carbocycles. The van der Waals surface area contributed by atoms with Gasteiger partial charge in [0.15, 0.2) is 11.6 Å². The summed E-state index contributed by atoms with van der Waals surface area (Å²) in [7, 11) is 0. The fourth-order valence-electron chi connectivity index (χ4n) is 1.87. The van der Waals surface area contributed by atoms with Crippen LogP contribution in [0.25, 0.3) is 0 Å². The lowest BCUT2D eigenvalue weighted by molar-refractivity contribution is -0.123. The molecule has 2 rings (SSSR count). The molecule has 1 fully saturated rings. The van der Waals surface area contributed by atoms with Crippen molar-refractivity contribution in [3.63, 3.8) is 0 Å². The van der Waals surface area contributed by atoms with Crippen LogP contribution in [-0.2, 0) is 9.59 Å². The van der Waals surface area contributed by atoms with Crippen LogP contribution >= 0.6 is 0 Å². The Morgan fingerprint density at radius 2 is 2.00 bits per heavy atom. The van der Waals surface area contributed by atoms with Crippen LogP contribution in [0.1, 0.15) is 6.42 Å². The highest BCUT2D eigenvalue weighted by atomic mass is 19.2. The second-order valence-corrected chi connectivity index (χ2v) is 4.03. The number of anilines is 1. The summed E-state index contributed by atoms with van der Waals surface area (Å²) in [6, 6.07) is 1.09. The van der Waals surface area contributed by atoms with E-state index < -0.39 is 40.9 Å². The third kappa shape index (κ3) is 2.03. The predicted octanol–water partition coefficient (Wildman–Crippen LogP) is 0.942. The van der Waals surface area contributed by atoms with Gasteiger partial charge in [-0.2, -0.15) is 0 Å². The predicted molar refractivity (Wildman–Crippen MR) is 56.0 cm³/mol. The number of primary amides is 1. The third-order valence-corrected chi connectivity index (χ3v) is 2.79. The SMILES string of the molecule is NC(=O)C1CC(=O)N(c2cc(F)cc(F)c2F)C1. The summed E-state index contributed by atoms with van der Waals surface area (Å²) in [5, 5.41) is 0. The Labute approximate surface area is 100 Å². The number of amides is 2. The van der Waals surface area contributed by atoms with Crippen molar-refractivity contribution >= 4 is 17.5 Å². The van der Waals surface area contributed by atoms with Crippen LogP contribution in [0.15, 0.2) is 12.1 Å². The monoisotopic (exact) mass is 258 g/mol. The summed E-state index contributed by atoms with van der Waals surface area (Å²) in [5.41, 5.74) is 4.53. The topological polar surface area (TPSA) is 63.4 Å². The summed E-state index contributed by atoms with van der Waals surface area (Å²) in [6.45, 7) is -0.173. The Balaban J connectivity index is 2.38. The number of benzene rings is 1. The lowest BCUT2D eigenvalue weighted by atomic mass is 10.1. The highest BCUT2D eigenvalue weighted by molar-refractivity contribution is 6.00. The number of rotatable bonds is 2. The Morgan fingerprint density at radius 3 is 2.56 bits per heavy atom. The average molecular weight is 258 g/mol. The van der Waals surface area contributed by atoms with Crippen molar-refractivity contribution in [3.8, 4) is 0 Å². The highest BCUT2D eigenvalue weighted by Crippen LogP contribution is 2.29. The molecule has 2 amide bonds. The fourth-order valence-corrected chi connectivity index (χ4v) is 1.87. The van der Waals surface area contributed by atoms with Crippen LogP contribution in [0.3, 0.4) is 0 Å². The van der Waals surface area contributed by atoms with Crippen molar-refractivity contribution in [1.82, 2.24) is 0 Å². The number of nitrogens with zero attached hydrogens (tertiary/aromatic N) is 1. The van der Waals surface area contributed by atoms with Crippen molar-refractivity contribution in [2.45, 2.75) is 6.42 Å². The molecule has 1 aliphatic heterocycles. The minimum absolute atomic E-state index is 0.173. The van der Waals surface area contributed by atoms with Gasteiger partial charge in [0.1, 0.15) is 5.82 Å². The van der Waals surface area contributed by atoms with Crippen LogP contribution in [0.2, 0.25) is 0 Å². The number of hydrogen-bond donors (Lipinski definition) is 1. The third-order valence-electron chi connectivity index (χ3n) is 2.79. The molecule has 0 radical (unpaired) electrons. The molecule has 1 aliphatic rings. The number of nitrogens with two attached hydrogens (primary N) is 1. The van der Waals surface area contributed by atoms with Crippen LogP contribution in [0.5, 0.6) is 0 Å². The van der Waals surface area contributed by atoms with Gasteiger partial charge in [0.2, 0.25) is 11.8 Å². The summed E-state index contributed by atoms with van der Waals surface area (Å²) in [6.07, 6.45) is -0.188. The smallest absolute Gasteiger partial charge is 0.227 e. The zero-order chi connectivity index (χ0) is 13.4. The molecular weight excluding hydrogens is 249 g/mol. The first-order valence-electron chi connectivity index (χ1n) is 5.14. The van der Waals surface area contributed by atoms with Gasteiger partial charge in [-0.05, 0) is 0 Å². The maximum Gasteiger partial charge on any atom is 0.227 e. The minimum atomic E-state index is -1.39. The normalized spacial score (nSPS) is 19.4. The molecule has 18 heavy (non-hydrogen) atoms. The number of halogens is 3. The number of hydrogen-bond acceptors (Lipinski definition) is 2. The molecular formula is C11H9F3N2O2. The Bertz CT molecular complexity index is 533. The first-order chi connectivity index (χ1) is 8.40. The van der Waals surface area contributed by atoms with Crippen LogP contribution in [0, 0.1) is 23.4 Å². The van der Waals surface area contributed by atoms with Crippen molar-refractivity contribution in [1.29, 1.82) is 0 Å². The second-order valence-electron chi connectivity index (χ2n) is 4.03. The van der Waals surface area contributed by atoms with E-state index in [1.54, 1.807) is 0 Å². The molecule has 1 aromatic carbocycles. The molecule has 7 heteroatoms. The van der Waals surface area contributed by atoms with E-state index in [1.165, 1.54) is 0 Å². The van der Waals surface area contributed by atoms with E-state index in [2.05, 4.69) is 0 Å². The van der Waals surface area contributed by atoms with Crippen molar-refractivity contribution in [2.24, 2.45) is 11.7 Å². The Kier molecular flexibility index (Phi) is 2.98. The van der Waals surface area contributed by atoms with E-state index >= 15 is 0 Å². The van der Waals surface area contributed by atoms with Gasteiger partial charge in [0.25, 0.3) is 0 Å². The van der Waals surface area contributed by atoms with E-state index in [1.807, 2.05) is 0 Å². The summed E-state index contributed by atoms with van der Waals surface area (Å²) < 4.78 is 39.5. The molecule has 0 aromatic heterocycles. The van der Waals surface area contributed by atoms with Gasteiger partial charge in [-0.15, -0.1) is 0 Å². The molecule has 0 bridgehead atoms. The van der Waals surface area contributed by atoms with Crippen LogP contribution in [0.4, 0.5) is 18.9 Å². The molecule has 2 N–H and O–H groups in total. The first-order valence-corrected chi connectivity index (χ1v) is 5.14. The molecule has 0 spiro atoms. The highest BCUT2D eigenvalue weighted by Gasteiger charge is 2.35. The van der Waals surface area contributed by atoms with Gasteiger partial charge >= 0.3 is 0 Å². The van der Waals surface area contributed by atoms with E-state index in [4.69, 9.17) is 5.73 Å². The maximum atomic E-state index is 13.5. The molecule has 1 heterocycles. The van der Waals surface area contributed by atoms with Gasteiger partial charge in [-0.1, -0.05) is 0 Å². The maximum absolute atomic E-state index is 13.5. The van der Waals surface area contributed by atoms with Gasteiger partial charge in [0, 0.05) is 25.1 Å². The summed E-state index contributed by atoms with van der Waals surface area (Å²) in [5.74, 6) is -5.79. The van der Waals surface area contributed by atoms with Gasteiger partial charge in [0.05, 0.1) is 11.6 Å². The minimum Gasteiger partial charge on any atom is -0.369 e. The summed E-state index contributed by atoms with van der Waals surface area (Å²) >= 11 is 0. The molecule has 1 unspecified atom stereocenters. The van der Waals surface area contributed by atoms with Crippen molar-refractivity contribution in [2.75, 3.05) is 11.4 Å².